The number of benzene rings is 3. The van der Waals surface area contributed by atoms with Crippen LogP contribution in [0.4, 0.5) is 11.4 Å². The molecule has 158 valence electrons. The fourth-order valence-electron chi connectivity index (χ4n) is 3.67. The summed E-state index contributed by atoms with van der Waals surface area (Å²) in [7, 11) is -0.178. The lowest BCUT2D eigenvalue weighted by Gasteiger charge is -2.34. The predicted octanol–water partition coefficient (Wildman–Crippen LogP) is 4.43. The maximum atomic E-state index is 13.6. The molecule has 4 rings (SSSR count). The monoisotopic (exact) mass is 435 g/mol. The van der Waals surface area contributed by atoms with Crippen LogP contribution in [0.2, 0.25) is 0 Å². The molecule has 31 heavy (non-hydrogen) atoms. The van der Waals surface area contributed by atoms with E-state index in [1.807, 2.05) is 67.5 Å². The Morgan fingerprint density at radius 1 is 0.968 bits per heavy atom. The minimum Gasteiger partial charge on any atom is -0.378 e. The Labute approximate surface area is 181 Å². The minimum absolute atomic E-state index is 0.124. The summed E-state index contributed by atoms with van der Waals surface area (Å²) in [6.07, 6.45) is 3.27. The molecule has 0 amide bonds. The lowest BCUT2D eigenvalue weighted by molar-refractivity contribution is -0.385. The summed E-state index contributed by atoms with van der Waals surface area (Å²) in [6.45, 7) is 0. The summed E-state index contributed by atoms with van der Waals surface area (Å²) in [5, 5.41) is 11.2. The molecule has 0 N–H and O–H groups in total. The molecule has 0 aromatic heterocycles. The SMILES string of the molecule is CN(C)c1ccc(C2c3ccccc3C=CN2S(=O)(=O)c2cccc([N+](=O)[O-])c2)cc1. The average molecular weight is 436 g/mol. The van der Waals surface area contributed by atoms with Gasteiger partial charge in [-0.25, -0.2) is 8.42 Å². The van der Waals surface area contributed by atoms with E-state index in [0.29, 0.717) is 0 Å². The van der Waals surface area contributed by atoms with Crippen molar-refractivity contribution in [1.82, 2.24) is 4.31 Å². The second-order valence-electron chi connectivity index (χ2n) is 7.42. The first-order chi connectivity index (χ1) is 14.8. The fourth-order valence-corrected chi connectivity index (χ4v) is 5.17. The summed E-state index contributed by atoms with van der Waals surface area (Å²) in [6, 6.07) is 19.8. The molecule has 0 aliphatic carbocycles. The van der Waals surface area contributed by atoms with Crippen LogP contribution >= 0.6 is 0 Å². The van der Waals surface area contributed by atoms with Crippen LogP contribution in [0.3, 0.4) is 0 Å². The van der Waals surface area contributed by atoms with Crippen molar-refractivity contribution >= 4 is 27.5 Å². The molecule has 0 spiro atoms. The summed E-state index contributed by atoms with van der Waals surface area (Å²) >= 11 is 0. The third-order valence-electron chi connectivity index (χ3n) is 5.28. The summed E-state index contributed by atoms with van der Waals surface area (Å²) in [5.41, 5.74) is 3.30. The summed E-state index contributed by atoms with van der Waals surface area (Å²) < 4.78 is 28.4. The van der Waals surface area contributed by atoms with E-state index in [0.717, 1.165) is 28.4 Å². The molecule has 0 radical (unpaired) electrons. The highest BCUT2D eigenvalue weighted by Gasteiger charge is 2.34. The number of rotatable bonds is 5. The highest BCUT2D eigenvalue weighted by molar-refractivity contribution is 7.89. The second kappa shape index (κ2) is 7.88. The Morgan fingerprint density at radius 2 is 1.68 bits per heavy atom. The molecule has 1 aliphatic heterocycles. The van der Waals surface area contributed by atoms with Gasteiger partial charge in [0.2, 0.25) is 0 Å². The van der Waals surface area contributed by atoms with Crippen LogP contribution in [0.15, 0.2) is 83.9 Å². The van der Waals surface area contributed by atoms with E-state index < -0.39 is 21.0 Å². The van der Waals surface area contributed by atoms with E-state index >= 15 is 0 Å². The van der Waals surface area contributed by atoms with Crippen molar-refractivity contribution < 1.29 is 13.3 Å². The Kier molecular flexibility index (Phi) is 5.24. The van der Waals surface area contributed by atoms with Crippen LogP contribution in [0.5, 0.6) is 0 Å². The molecule has 0 saturated heterocycles. The number of fused-ring (bicyclic) bond motifs is 1. The van der Waals surface area contributed by atoms with Gasteiger partial charge in [-0.05, 0) is 41.0 Å². The molecule has 1 atom stereocenters. The molecule has 1 unspecified atom stereocenters. The van der Waals surface area contributed by atoms with Crippen molar-refractivity contribution in [3.8, 4) is 0 Å². The number of sulfonamides is 1. The maximum absolute atomic E-state index is 13.6. The lowest BCUT2D eigenvalue weighted by Crippen LogP contribution is -2.33. The van der Waals surface area contributed by atoms with Crippen molar-refractivity contribution in [2.24, 2.45) is 0 Å². The number of anilines is 1. The number of hydrogen-bond acceptors (Lipinski definition) is 5. The molecular weight excluding hydrogens is 414 g/mol. The van der Waals surface area contributed by atoms with Crippen molar-refractivity contribution in [2.45, 2.75) is 10.9 Å². The highest BCUT2D eigenvalue weighted by atomic mass is 32.2. The van der Waals surface area contributed by atoms with Crippen LogP contribution in [0.25, 0.3) is 6.08 Å². The zero-order chi connectivity index (χ0) is 22.2. The van der Waals surface area contributed by atoms with E-state index in [9.17, 15) is 18.5 Å². The lowest BCUT2D eigenvalue weighted by atomic mass is 9.92. The molecule has 8 heteroatoms. The average Bonchev–Trinajstić information content (AvgIpc) is 2.78. The van der Waals surface area contributed by atoms with Gasteiger partial charge in [0.1, 0.15) is 0 Å². The molecule has 0 bridgehead atoms. The van der Waals surface area contributed by atoms with Gasteiger partial charge >= 0.3 is 0 Å². The largest absolute Gasteiger partial charge is 0.378 e. The molecule has 3 aromatic carbocycles. The van der Waals surface area contributed by atoms with E-state index in [2.05, 4.69) is 0 Å². The summed E-state index contributed by atoms with van der Waals surface area (Å²) in [5.74, 6) is 0. The quantitative estimate of drug-likeness (QED) is 0.437. The molecule has 7 nitrogen and oxygen atoms in total. The second-order valence-corrected chi connectivity index (χ2v) is 9.27. The van der Waals surface area contributed by atoms with Gasteiger partial charge in [0, 0.05) is 38.1 Å². The van der Waals surface area contributed by atoms with Gasteiger partial charge in [0.05, 0.1) is 15.9 Å². The highest BCUT2D eigenvalue weighted by Crippen LogP contribution is 2.39. The van der Waals surface area contributed by atoms with Gasteiger partial charge in [-0.1, -0.05) is 42.5 Å². The van der Waals surface area contributed by atoms with Gasteiger partial charge < -0.3 is 4.90 Å². The number of nitrogens with zero attached hydrogens (tertiary/aromatic N) is 3. The zero-order valence-corrected chi connectivity index (χ0v) is 17.9. The van der Waals surface area contributed by atoms with Crippen LogP contribution in [-0.2, 0) is 10.0 Å². The smallest absolute Gasteiger partial charge is 0.270 e. The molecular formula is C23H21N3O4S. The van der Waals surface area contributed by atoms with Gasteiger partial charge in [-0.2, -0.15) is 0 Å². The van der Waals surface area contributed by atoms with E-state index in [-0.39, 0.29) is 10.6 Å². The van der Waals surface area contributed by atoms with Crippen molar-refractivity contribution in [3.05, 3.63) is 106 Å². The third-order valence-corrected chi connectivity index (χ3v) is 7.01. The Bertz CT molecular complexity index is 1270. The number of hydrogen-bond donors (Lipinski definition) is 0. The molecule has 3 aromatic rings. The van der Waals surface area contributed by atoms with Crippen LogP contribution in [-0.4, -0.2) is 31.7 Å². The first-order valence-electron chi connectivity index (χ1n) is 9.61. The van der Waals surface area contributed by atoms with Crippen molar-refractivity contribution in [2.75, 3.05) is 19.0 Å². The van der Waals surface area contributed by atoms with Crippen molar-refractivity contribution in [3.63, 3.8) is 0 Å². The van der Waals surface area contributed by atoms with Crippen LogP contribution < -0.4 is 4.90 Å². The van der Waals surface area contributed by atoms with Crippen LogP contribution in [0, 0.1) is 10.1 Å². The van der Waals surface area contributed by atoms with Gasteiger partial charge in [-0.3, -0.25) is 14.4 Å². The molecule has 0 fully saturated rings. The van der Waals surface area contributed by atoms with Crippen molar-refractivity contribution in [1.29, 1.82) is 0 Å². The topological polar surface area (TPSA) is 83.8 Å². The Hall–Kier alpha value is -3.65. The first-order valence-corrected chi connectivity index (χ1v) is 11.1. The zero-order valence-electron chi connectivity index (χ0n) is 17.0. The maximum Gasteiger partial charge on any atom is 0.270 e. The van der Waals surface area contributed by atoms with E-state index in [4.69, 9.17) is 0 Å². The number of nitro benzene ring substituents is 1. The summed E-state index contributed by atoms with van der Waals surface area (Å²) in [4.78, 5) is 12.4. The Balaban J connectivity index is 1.85. The van der Waals surface area contributed by atoms with Crippen LogP contribution in [0.1, 0.15) is 22.7 Å². The first kappa shape index (κ1) is 20.6. The van der Waals surface area contributed by atoms with E-state index in [1.165, 1.54) is 28.7 Å². The number of nitro groups is 1. The predicted molar refractivity (Wildman–Crippen MR) is 120 cm³/mol. The molecule has 1 heterocycles. The molecule has 0 saturated carbocycles. The van der Waals surface area contributed by atoms with Gasteiger partial charge in [-0.15, -0.1) is 0 Å². The van der Waals surface area contributed by atoms with E-state index in [1.54, 1.807) is 6.08 Å². The molecule has 1 aliphatic rings. The fraction of sp³-hybridized carbons (Fsp3) is 0.130. The Morgan fingerprint density at radius 3 is 2.35 bits per heavy atom. The number of non-ortho nitro benzene ring substituents is 1. The van der Waals surface area contributed by atoms with Gasteiger partial charge in [0.25, 0.3) is 15.7 Å². The standard InChI is InChI=1S/C23H21N3O4S/c1-24(2)19-12-10-18(11-13-19)23-22-9-4-3-6-17(22)14-15-25(23)31(29,30)21-8-5-7-20(16-21)26(27)28/h3-16,23H,1-2H3. The van der Waals surface area contributed by atoms with Gasteiger partial charge in [0.15, 0.2) is 0 Å². The normalized spacial score (nSPS) is 15.4. The minimum atomic E-state index is -4.05. The third kappa shape index (κ3) is 3.77.